The molecule has 0 fully saturated rings. The Kier molecular flexibility index (Phi) is 3.32. The molecule has 12 heavy (non-hydrogen) atoms. The summed E-state index contributed by atoms with van der Waals surface area (Å²) in [7, 11) is -3.14. The van der Waals surface area contributed by atoms with Crippen LogP contribution in [-0.4, -0.2) is 31.1 Å². The van der Waals surface area contributed by atoms with Crippen molar-refractivity contribution in [2.24, 2.45) is 5.41 Å². The molecule has 74 valence electrons. The van der Waals surface area contributed by atoms with E-state index in [1.54, 1.807) is 0 Å². The number of aliphatic hydroxyl groups is 1. The maximum absolute atomic E-state index is 11.1. The molecule has 0 aromatic carbocycles. The normalized spacial score (nSPS) is 18.8. The second-order valence-electron chi connectivity index (χ2n) is 4.35. The highest BCUT2D eigenvalue weighted by Gasteiger charge is 2.33. The highest BCUT2D eigenvalue weighted by Crippen LogP contribution is 2.24. The standard InChI is InChI=1S/C8H18O3S/c1-6(12(5,10)11)7(9)8(2,3)4/h6-7,9H,1-5H3/t6-,7-/m0/s1. The van der Waals surface area contributed by atoms with Gasteiger partial charge in [0.05, 0.1) is 11.4 Å². The van der Waals surface area contributed by atoms with E-state index in [9.17, 15) is 13.5 Å². The molecule has 4 heteroatoms. The van der Waals surface area contributed by atoms with Crippen molar-refractivity contribution in [3.63, 3.8) is 0 Å². The first kappa shape index (κ1) is 11.9. The van der Waals surface area contributed by atoms with Crippen molar-refractivity contribution < 1.29 is 13.5 Å². The molecule has 0 aliphatic rings. The van der Waals surface area contributed by atoms with Crippen molar-refractivity contribution in [2.75, 3.05) is 6.26 Å². The highest BCUT2D eigenvalue weighted by molar-refractivity contribution is 7.91. The van der Waals surface area contributed by atoms with Crippen molar-refractivity contribution >= 4 is 9.84 Å². The third-order valence-corrected chi connectivity index (χ3v) is 3.62. The SMILES string of the molecule is C[C@@H]([C@H](O)C(C)(C)C)S(C)(=O)=O. The Hall–Kier alpha value is -0.0900. The molecule has 0 heterocycles. The van der Waals surface area contributed by atoms with E-state index in [0.717, 1.165) is 6.26 Å². The predicted molar refractivity (Wildman–Crippen MR) is 49.8 cm³/mol. The van der Waals surface area contributed by atoms with Gasteiger partial charge in [-0.25, -0.2) is 8.42 Å². The van der Waals surface area contributed by atoms with Gasteiger partial charge < -0.3 is 5.11 Å². The summed E-state index contributed by atoms with van der Waals surface area (Å²) >= 11 is 0. The maximum atomic E-state index is 11.1. The Labute approximate surface area is 74.7 Å². The first-order valence-corrected chi connectivity index (χ1v) is 5.89. The molecule has 1 N–H and O–H groups in total. The van der Waals surface area contributed by atoms with Gasteiger partial charge >= 0.3 is 0 Å². The number of aliphatic hydroxyl groups excluding tert-OH is 1. The van der Waals surface area contributed by atoms with E-state index >= 15 is 0 Å². The van der Waals surface area contributed by atoms with Gasteiger partial charge in [0, 0.05) is 6.26 Å². The first-order chi connectivity index (χ1) is 5.07. The lowest BCUT2D eigenvalue weighted by atomic mass is 9.87. The average molecular weight is 194 g/mol. The lowest BCUT2D eigenvalue weighted by Crippen LogP contribution is -2.40. The zero-order valence-electron chi connectivity index (χ0n) is 8.33. The maximum Gasteiger partial charge on any atom is 0.152 e. The van der Waals surface area contributed by atoms with Crippen molar-refractivity contribution in [3.8, 4) is 0 Å². The summed E-state index contributed by atoms with van der Waals surface area (Å²) in [5, 5.41) is 8.91. The van der Waals surface area contributed by atoms with Crippen molar-refractivity contribution in [1.82, 2.24) is 0 Å². The van der Waals surface area contributed by atoms with Gasteiger partial charge in [0.25, 0.3) is 0 Å². The van der Waals surface area contributed by atoms with E-state index < -0.39 is 21.2 Å². The second kappa shape index (κ2) is 3.34. The van der Waals surface area contributed by atoms with Crippen LogP contribution in [-0.2, 0) is 9.84 Å². The molecule has 0 saturated heterocycles. The molecule has 0 radical (unpaired) electrons. The minimum absolute atomic E-state index is 0.386. The van der Waals surface area contributed by atoms with Gasteiger partial charge in [-0.2, -0.15) is 0 Å². The van der Waals surface area contributed by atoms with Crippen LogP contribution in [0, 0.1) is 5.41 Å². The summed E-state index contributed by atoms with van der Waals surface area (Å²) in [4.78, 5) is 0. The number of rotatable bonds is 2. The van der Waals surface area contributed by atoms with E-state index in [0.29, 0.717) is 0 Å². The third-order valence-electron chi connectivity index (χ3n) is 2.01. The molecule has 0 aliphatic heterocycles. The van der Waals surface area contributed by atoms with Crippen LogP contribution in [0.5, 0.6) is 0 Å². The van der Waals surface area contributed by atoms with Crippen molar-refractivity contribution in [2.45, 2.75) is 39.0 Å². The largest absolute Gasteiger partial charge is 0.391 e. The lowest BCUT2D eigenvalue weighted by molar-refractivity contribution is 0.0628. The van der Waals surface area contributed by atoms with E-state index in [2.05, 4.69) is 0 Å². The van der Waals surface area contributed by atoms with Crippen LogP contribution in [0.1, 0.15) is 27.7 Å². The van der Waals surface area contributed by atoms with E-state index in [1.807, 2.05) is 20.8 Å². The summed E-state index contributed by atoms with van der Waals surface area (Å²) in [6, 6.07) is 0. The number of hydrogen-bond donors (Lipinski definition) is 1. The Balaban J connectivity index is 4.64. The fourth-order valence-corrected chi connectivity index (χ4v) is 1.81. The van der Waals surface area contributed by atoms with Crippen LogP contribution in [0.15, 0.2) is 0 Å². The van der Waals surface area contributed by atoms with Crippen LogP contribution in [0.2, 0.25) is 0 Å². The minimum Gasteiger partial charge on any atom is -0.391 e. The first-order valence-electron chi connectivity index (χ1n) is 3.93. The molecule has 0 aromatic rings. The minimum atomic E-state index is -3.14. The molecule has 0 saturated carbocycles. The van der Waals surface area contributed by atoms with Gasteiger partial charge in [0.1, 0.15) is 0 Å². The van der Waals surface area contributed by atoms with Crippen LogP contribution in [0.4, 0.5) is 0 Å². The summed E-state index contributed by atoms with van der Waals surface area (Å²) in [5.74, 6) is 0. The summed E-state index contributed by atoms with van der Waals surface area (Å²) in [5.41, 5.74) is -0.386. The van der Waals surface area contributed by atoms with Crippen LogP contribution in [0.3, 0.4) is 0 Å². The van der Waals surface area contributed by atoms with Gasteiger partial charge in [-0.3, -0.25) is 0 Å². The molecule has 0 amide bonds. The second-order valence-corrected chi connectivity index (χ2v) is 6.75. The Bertz CT molecular complexity index is 236. The Morgan fingerprint density at radius 3 is 1.67 bits per heavy atom. The molecule has 0 unspecified atom stereocenters. The van der Waals surface area contributed by atoms with Gasteiger partial charge in [0.2, 0.25) is 0 Å². The lowest BCUT2D eigenvalue weighted by Gasteiger charge is -2.29. The molecule has 0 bridgehead atoms. The van der Waals surface area contributed by atoms with Gasteiger partial charge in [-0.1, -0.05) is 20.8 Å². The van der Waals surface area contributed by atoms with Crippen molar-refractivity contribution in [1.29, 1.82) is 0 Å². The van der Waals surface area contributed by atoms with E-state index in [-0.39, 0.29) is 5.41 Å². The van der Waals surface area contributed by atoms with Gasteiger partial charge in [0.15, 0.2) is 9.84 Å². The van der Waals surface area contributed by atoms with E-state index in [4.69, 9.17) is 0 Å². The molecule has 0 rings (SSSR count). The fraction of sp³-hybridized carbons (Fsp3) is 1.00. The van der Waals surface area contributed by atoms with Crippen LogP contribution in [0.25, 0.3) is 0 Å². The smallest absolute Gasteiger partial charge is 0.152 e. The zero-order chi connectivity index (χ0) is 10.2. The van der Waals surface area contributed by atoms with Gasteiger partial charge in [-0.05, 0) is 12.3 Å². The molecule has 3 nitrogen and oxygen atoms in total. The monoisotopic (exact) mass is 194 g/mol. The van der Waals surface area contributed by atoms with Crippen LogP contribution >= 0.6 is 0 Å². The molecule has 0 aliphatic carbocycles. The molecular formula is C8H18O3S. The van der Waals surface area contributed by atoms with Crippen molar-refractivity contribution in [3.05, 3.63) is 0 Å². The highest BCUT2D eigenvalue weighted by atomic mass is 32.2. The molecule has 2 atom stereocenters. The summed E-state index contributed by atoms with van der Waals surface area (Å²) in [6.07, 6.45) is 0.333. The topological polar surface area (TPSA) is 54.4 Å². The number of hydrogen-bond acceptors (Lipinski definition) is 3. The molecule has 0 spiro atoms. The molecule has 0 aromatic heterocycles. The van der Waals surface area contributed by atoms with Crippen LogP contribution < -0.4 is 0 Å². The zero-order valence-corrected chi connectivity index (χ0v) is 9.14. The van der Waals surface area contributed by atoms with E-state index in [1.165, 1.54) is 6.92 Å². The number of sulfone groups is 1. The Morgan fingerprint density at radius 2 is 1.58 bits per heavy atom. The predicted octanol–water partition coefficient (Wildman–Crippen LogP) is 0.827. The fourth-order valence-electron chi connectivity index (χ4n) is 0.938. The molecular weight excluding hydrogens is 176 g/mol. The third kappa shape index (κ3) is 3.11. The quantitative estimate of drug-likeness (QED) is 0.708. The summed E-state index contributed by atoms with van der Waals surface area (Å²) in [6.45, 7) is 6.99. The van der Waals surface area contributed by atoms with Gasteiger partial charge in [-0.15, -0.1) is 0 Å². The average Bonchev–Trinajstić information content (AvgIpc) is 1.80. The summed E-state index contributed by atoms with van der Waals surface area (Å²) < 4.78 is 22.1. The Morgan fingerprint density at radius 1 is 1.25 bits per heavy atom.